The Bertz CT molecular complexity index is 638. The van der Waals surface area contributed by atoms with Crippen molar-refractivity contribution in [2.75, 3.05) is 26.9 Å². The molecule has 1 aliphatic heterocycles. The summed E-state index contributed by atoms with van der Waals surface area (Å²) in [5, 5.41) is 8.58. The molecule has 1 saturated heterocycles. The summed E-state index contributed by atoms with van der Waals surface area (Å²) >= 11 is 0. The summed E-state index contributed by atoms with van der Waals surface area (Å²) in [6.07, 6.45) is 10.3. The first-order valence-electron chi connectivity index (χ1n) is 8.45. The van der Waals surface area contributed by atoms with Gasteiger partial charge in [-0.3, -0.25) is 14.3 Å². The van der Waals surface area contributed by atoms with E-state index in [4.69, 9.17) is 9.47 Å². The molecular formula is C17H27N5O2. The van der Waals surface area contributed by atoms with E-state index in [2.05, 4.69) is 27.5 Å². The van der Waals surface area contributed by atoms with Crippen molar-refractivity contribution in [1.29, 1.82) is 0 Å². The molecule has 1 aliphatic rings. The number of aryl methyl sites for hydroxylation is 2. The Labute approximate surface area is 143 Å². The van der Waals surface area contributed by atoms with Crippen molar-refractivity contribution < 1.29 is 9.47 Å². The molecular weight excluding hydrogens is 306 g/mol. The van der Waals surface area contributed by atoms with E-state index in [0.717, 1.165) is 25.9 Å². The predicted octanol–water partition coefficient (Wildman–Crippen LogP) is 1.00. The standard InChI is InChI=1S/C17H27N5O2/c1-20-11-14(9-18-20)8-16-17(24-7-6-23-3)4-5-22(16)13-15-10-19-21(2)12-15/h9-12,16-17H,4-8,13H2,1-3H3/t16-,17-/m0/s1. The maximum absolute atomic E-state index is 6.09. The first-order chi connectivity index (χ1) is 11.7. The van der Waals surface area contributed by atoms with Crippen molar-refractivity contribution in [2.45, 2.75) is 31.5 Å². The lowest BCUT2D eigenvalue weighted by Crippen LogP contribution is -2.38. The minimum Gasteiger partial charge on any atom is -0.382 e. The molecule has 2 atom stereocenters. The monoisotopic (exact) mass is 333 g/mol. The molecule has 0 spiro atoms. The molecule has 0 amide bonds. The lowest BCUT2D eigenvalue weighted by molar-refractivity contribution is -0.00131. The molecule has 7 nitrogen and oxygen atoms in total. The average molecular weight is 333 g/mol. The Kier molecular flexibility index (Phi) is 5.65. The molecule has 1 fully saturated rings. The van der Waals surface area contributed by atoms with E-state index >= 15 is 0 Å². The Morgan fingerprint density at radius 2 is 1.79 bits per heavy atom. The molecule has 0 bridgehead atoms. The third-order valence-corrected chi connectivity index (χ3v) is 4.57. The van der Waals surface area contributed by atoms with Crippen LogP contribution >= 0.6 is 0 Å². The Hall–Kier alpha value is -1.70. The van der Waals surface area contributed by atoms with Crippen molar-refractivity contribution in [2.24, 2.45) is 14.1 Å². The zero-order valence-corrected chi connectivity index (χ0v) is 14.8. The lowest BCUT2D eigenvalue weighted by Gasteiger charge is -2.27. The van der Waals surface area contributed by atoms with Crippen LogP contribution in [0.25, 0.3) is 0 Å². The van der Waals surface area contributed by atoms with Gasteiger partial charge < -0.3 is 9.47 Å². The fourth-order valence-electron chi connectivity index (χ4n) is 3.43. The molecule has 3 heterocycles. The van der Waals surface area contributed by atoms with E-state index in [1.165, 1.54) is 11.1 Å². The number of ether oxygens (including phenoxy) is 2. The van der Waals surface area contributed by atoms with Crippen LogP contribution in [0.15, 0.2) is 24.8 Å². The Balaban J connectivity index is 1.68. The van der Waals surface area contributed by atoms with Crippen LogP contribution in [0.1, 0.15) is 17.5 Å². The molecule has 0 N–H and O–H groups in total. The quantitative estimate of drug-likeness (QED) is 0.675. The number of hydrogen-bond donors (Lipinski definition) is 0. The van der Waals surface area contributed by atoms with Crippen LogP contribution in [0.2, 0.25) is 0 Å². The molecule has 24 heavy (non-hydrogen) atoms. The number of methoxy groups -OCH3 is 1. The van der Waals surface area contributed by atoms with Gasteiger partial charge in [-0.2, -0.15) is 10.2 Å². The van der Waals surface area contributed by atoms with Gasteiger partial charge in [-0.15, -0.1) is 0 Å². The van der Waals surface area contributed by atoms with Crippen molar-refractivity contribution >= 4 is 0 Å². The normalized spacial score (nSPS) is 21.6. The van der Waals surface area contributed by atoms with Gasteiger partial charge >= 0.3 is 0 Å². The van der Waals surface area contributed by atoms with Gasteiger partial charge in [0.25, 0.3) is 0 Å². The second-order valence-corrected chi connectivity index (χ2v) is 6.48. The van der Waals surface area contributed by atoms with E-state index in [-0.39, 0.29) is 6.10 Å². The molecule has 2 aromatic rings. The van der Waals surface area contributed by atoms with Crippen LogP contribution < -0.4 is 0 Å². The van der Waals surface area contributed by atoms with E-state index in [1.54, 1.807) is 7.11 Å². The van der Waals surface area contributed by atoms with Crippen LogP contribution in [-0.4, -0.2) is 63.5 Å². The zero-order chi connectivity index (χ0) is 16.9. The van der Waals surface area contributed by atoms with Gasteiger partial charge in [0.05, 0.1) is 31.7 Å². The molecule has 0 aromatic carbocycles. The third kappa shape index (κ3) is 4.23. The van der Waals surface area contributed by atoms with Crippen molar-refractivity contribution in [3.8, 4) is 0 Å². The van der Waals surface area contributed by atoms with Crippen LogP contribution in [0, 0.1) is 0 Å². The molecule has 0 unspecified atom stereocenters. The zero-order valence-electron chi connectivity index (χ0n) is 14.8. The molecule has 132 valence electrons. The topological polar surface area (TPSA) is 57.3 Å². The maximum atomic E-state index is 6.09. The van der Waals surface area contributed by atoms with Gasteiger partial charge in [0.2, 0.25) is 0 Å². The Morgan fingerprint density at radius 3 is 2.42 bits per heavy atom. The molecule has 0 saturated carbocycles. The number of nitrogens with zero attached hydrogens (tertiary/aromatic N) is 5. The fraction of sp³-hybridized carbons (Fsp3) is 0.647. The van der Waals surface area contributed by atoms with Crippen LogP contribution in [0.5, 0.6) is 0 Å². The van der Waals surface area contributed by atoms with E-state index in [9.17, 15) is 0 Å². The van der Waals surface area contributed by atoms with E-state index in [0.29, 0.717) is 19.3 Å². The second kappa shape index (κ2) is 7.92. The smallest absolute Gasteiger partial charge is 0.0746 e. The summed E-state index contributed by atoms with van der Waals surface area (Å²) in [5.74, 6) is 0. The minimum atomic E-state index is 0.233. The van der Waals surface area contributed by atoms with Crippen LogP contribution in [-0.2, 0) is 36.5 Å². The minimum absolute atomic E-state index is 0.233. The van der Waals surface area contributed by atoms with Gasteiger partial charge in [-0.05, 0) is 18.4 Å². The maximum Gasteiger partial charge on any atom is 0.0746 e. The molecule has 3 rings (SSSR count). The van der Waals surface area contributed by atoms with Gasteiger partial charge in [0.1, 0.15) is 0 Å². The van der Waals surface area contributed by atoms with Crippen molar-refractivity contribution in [3.63, 3.8) is 0 Å². The largest absolute Gasteiger partial charge is 0.382 e. The highest BCUT2D eigenvalue weighted by Gasteiger charge is 2.35. The van der Waals surface area contributed by atoms with Crippen molar-refractivity contribution in [1.82, 2.24) is 24.5 Å². The van der Waals surface area contributed by atoms with Crippen LogP contribution in [0.4, 0.5) is 0 Å². The van der Waals surface area contributed by atoms with E-state index in [1.807, 2.05) is 35.9 Å². The first-order valence-corrected chi connectivity index (χ1v) is 8.45. The number of hydrogen-bond acceptors (Lipinski definition) is 5. The van der Waals surface area contributed by atoms with Gasteiger partial charge in [0, 0.05) is 58.3 Å². The average Bonchev–Trinajstić information content (AvgIpc) is 3.24. The fourth-order valence-corrected chi connectivity index (χ4v) is 3.43. The van der Waals surface area contributed by atoms with E-state index < -0.39 is 0 Å². The molecule has 0 radical (unpaired) electrons. The molecule has 7 heteroatoms. The van der Waals surface area contributed by atoms with Crippen LogP contribution in [0.3, 0.4) is 0 Å². The highest BCUT2D eigenvalue weighted by atomic mass is 16.5. The second-order valence-electron chi connectivity index (χ2n) is 6.48. The highest BCUT2D eigenvalue weighted by Crippen LogP contribution is 2.26. The Morgan fingerprint density at radius 1 is 1.08 bits per heavy atom. The SMILES string of the molecule is COCCO[C@H]1CCN(Cc2cnn(C)c2)[C@H]1Cc1cnn(C)c1. The third-order valence-electron chi connectivity index (χ3n) is 4.57. The molecule has 0 aliphatic carbocycles. The number of likely N-dealkylation sites (tertiary alicyclic amines) is 1. The van der Waals surface area contributed by atoms with Gasteiger partial charge in [-0.1, -0.05) is 0 Å². The molecule has 2 aromatic heterocycles. The summed E-state index contributed by atoms with van der Waals surface area (Å²) in [5.41, 5.74) is 2.49. The predicted molar refractivity (Wildman–Crippen MR) is 90.6 cm³/mol. The summed E-state index contributed by atoms with van der Waals surface area (Å²) < 4.78 is 14.9. The van der Waals surface area contributed by atoms with Gasteiger partial charge in [-0.25, -0.2) is 0 Å². The summed E-state index contributed by atoms with van der Waals surface area (Å²) in [6.45, 7) is 3.23. The number of rotatable bonds is 8. The summed E-state index contributed by atoms with van der Waals surface area (Å²) in [7, 11) is 5.62. The first kappa shape index (κ1) is 17.1. The van der Waals surface area contributed by atoms with Crippen molar-refractivity contribution in [3.05, 3.63) is 35.9 Å². The summed E-state index contributed by atoms with van der Waals surface area (Å²) in [4.78, 5) is 2.50. The lowest BCUT2D eigenvalue weighted by atomic mass is 10.0. The highest BCUT2D eigenvalue weighted by molar-refractivity contribution is 5.10. The van der Waals surface area contributed by atoms with Gasteiger partial charge in [0.15, 0.2) is 0 Å². The number of aromatic nitrogens is 4. The summed E-state index contributed by atoms with van der Waals surface area (Å²) in [6, 6.07) is 0.353.